The van der Waals surface area contributed by atoms with Crippen LogP contribution < -0.4 is 5.32 Å². The van der Waals surface area contributed by atoms with Gasteiger partial charge in [0.25, 0.3) is 5.91 Å². The molecule has 0 radical (unpaired) electrons. The van der Waals surface area contributed by atoms with Crippen molar-refractivity contribution in [3.05, 3.63) is 35.4 Å². The summed E-state index contributed by atoms with van der Waals surface area (Å²) in [6, 6.07) is 1.74. The van der Waals surface area contributed by atoms with Crippen LogP contribution in [0.3, 0.4) is 0 Å². The van der Waals surface area contributed by atoms with E-state index >= 15 is 0 Å². The molecule has 3 aromatic rings. The molecule has 1 amide bonds. The predicted molar refractivity (Wildman–Crippen MR) is 75.9 cm³/mol. The first kappa shape index (κ1) is 11.5. The normalized spacial score (nSPS) is 14.6. The lowest BCUT2D eigenvalue weighted by molar-refractivity contribution is 0.102. The first-order valence-corrected chi connectivity index (χ1v) is 7.23. The third-order valence-corrected chi connectivity index (χ3v) is 4.05. The number of nitrogens with one attached hydrogen (secondary N) is 2. The zero-order chi connectivity index (χ0) is 13.5. The van der Waals surface area contributed by atoms with Gasteiger partial charge in [0.05, 0.1) is 5.69 Å². The number of rotatable bonds is 3. The second-order valence-electron chi connectivity index (χ2n) is 4.82. The van der Waals surface area contributed by atoms with Gasteiger partial charge in [-0.15, -0.1) is 11.3 Å². The average molecular weight is 285 g/mol. The zero-order valence-corrected chi connectivity index (χ0v) is 11.3. The summed E-state index contributed by atoms with van der Waals surface area (Å²) in [7, 11) is 0. The van der Waals surface area contributed by atoms with E-state index in [1.54, 1.807) is 12.3 Å². The molecular formula is C13H11N5OS. The molecule has 4 rings (SSSR count). The summed E-state index contributed by atoms with van der Waals surface area (Å²) in [5, 5.41) is 6.28. The molecule has 1 saturated carbocycles. The Balaban J connectivity index is 1.56. The lowest BCUT2D eigenvalue weighted by atomic mass is 10.3. The Labute approximate surface area is 118 Å². The molecule has 0 saturated heterocycles. The van der Waals surface area contributed by atoms with Gasteiger partial charge in [-0.05, 0) is 18.9 Å². The maximum Gasteiger partial charge on any atom is 0.273 e. The molecule has 6 nitrogen and oxygen atoms in total. The van der Waals surface area contributed by atoms with Gasteiger partial charge >= 0.3 is 0 Å². The number of fused-ring (bicyclic) bond motifs is 1. The van der Waals surface area contributed by atoms with E-state index in [1.165, 1.54) is 30.5 Å². The number of nitrogens with zero attached hydrogens (tertiary/aromatic N) is 3. The molecule has 1 aliphatic carbocycles. The fourth-order valence-electron chi connectivity index (χ4n) is 2.07. The molecule has 3 heterocycles. The molecule has 3 aromatic heterocycles. The second-order valence-corrected chi connectivity index (χ2v) is 5.67. The lowest BCUT2D eigenvalue weighted by Crippen LogP contribution is -2.12. The van der Waals surface area contributed by atoms with Gasteiger partial charge in [0, 0.05) is 22.9 Å². The number of hydrogen-bond donors (Lipinski definition) is 2. The summed E-state index contributed by atoms with van der Waals surface area (Å²) in [4.78, 5) is 27.6. The first-order chi connectivity index (χ1) is 9.79. The fourth-order valence-corrected chi connectivity index (χ4v) is 2.85. The third-order valence-electron chi connectivity index (χ3n) is 3.28. The van der Waals surface area contributed by atoms with Crippen molar-refractivity contribution in [3.8, 4) is 0 Å². The average Bonchev–Trinajstić information content (AvgIpc) is 3.04. The number of carbonyl (C=O) groups excluding carboxylic acids is 1. The molecular weight excluding hydrogens is 274 g/mol. The van der Waals surface area contributed by atoms with Crippen LogP contribution >= 0.6 is 11.3 Å². The summed E-state index contributed by atoms with van der Waals surface area (Å²) in [5.41, 5.74) is 2.21. The van der Waals surface area contributed by atoms with E-state index in [0.29, 0.717) is 22.4 Å². The largest absolute Gasteiger partial charge is 0.335 e. The predicted octanol–water partition coefficient (Wildman–Crippen LogP) is 2.54. The number of aromatic amines is 1. The van der Waals surface area contributed by atoms with Gasteiger partial charge in [-0.1, -0.05) is 0 Å². The smallest absolute Gasteiger partial charge is 0.273 e. The van der Waals surface area contributed by atoms with Crippen LogP contribution in [0, 0.1) is 0 Å². The van der Waals surface area contributed by atoms with Gasteiger partial charge in [-0.25, -0.2) is 15.0 Å². The number of carbonyl (C=O) groups is 1. The van der Waals surface area contributed by atoms with E-state index in [0.717, 1.165) is 11.1 Å². The Morgan fingerprint density at radius 2 is 2.35 bits per heavy atom. The molecule has 1 fully saturated rings. The molecule has 0 atom stereocenters. The van der Waals surface area contributed by atoms with E-state index in [1.807, 2.05) is 5.38 Å². The van der Waals surface area contributed by atoms with Crippen LogP contribution in [0.4, 0.5) is 5.13 Å². The highest BCUT2D eigenvalue weighted by Gasteiger charge is 2.26. The number of hydrogen-bond acceptors (Lipinski definition) is 5. The molecule has 0 aromatic carbocycles. The number of H-pyrrole nitrogens is 1. The quantitative estimate of drug-likeness (QED) is 0.774. The van der Waals surface area contributed by atoms with E-state index < -0.39 is 0 Å². The highest BCUT2D eigenvalue weighted by molar-refractivity contribution is 7.14. The number of aromatic nitrogens is 4. The van der Waals surface area contributed by atoms with E-state index in [2.05, 4.69) is 25.3 Å². The Hall–Kier alpha value is -2.28. The molecule has 0 spiro atoms. The van der Waals surface area contributed by atoms with Crippen LogP contribution in [0.15, 0.2) is 24.0 Å². The van der Waals surface area contributed by atoms with Crippen molar-refractivity contribution >= 4 is 33.4 Å². The topological polar surface area (TPSA) is 83.6 Å². The Morgan fingerprint density at radius 1 is 1.45 bits per heavy atom. The maximum atomic E-state index is 12.2. The molecule has 0 bridgehead atoms. The summed E-state index contributed by atoms with van der Waals surface area (Å²) in [6.45, 7) is 0. The van der Waals surface area contributed by atoms with Crippen molar-refractivity contribution in [2.24, 2.45) is 0 Å². The number of thiazole rings is 1. The summed E-state index contributed by atoms with van der Waals surface area (Å²) in [6.07, 6.45) is 5.53. The first-order valence-electron chi connectivity index (χ1n) is 6.35. The van der Waals surface area contributed by atoms with Gasteiger partial charge in [0.2, 0.25) is 0 Å². The summed E-state index contributed by atoms with van der Waals surface area (Å²) < 4.78 is 0. The SMILES string of the molecule is O=C(Nc1nc(C2CC2)cs1)c1cc2cncnc2[nH]1. The van der Waals surface area contributed by atoms with E-state index in [4.69, 9.17) is 0 Å². The van der Waals surface area contributed by atoms with Crippen molar-refractivity contribution in [1.29, 1.82) is 0 Å². The third kappa shape index (κ3) is 2.05. The standard InChI is InChI=1S/C13H11N5OS/c19-12(9-3-8-4-14-6-15-11(8)16-9)18-13-17-10(5-20-13)7-1-2-7/h3-7H,1-2H2,(H,14,15,16)(H,17,18,19). The van der Waals surface area contributed by atoms with Gasteiger partial charge in [0.15, 0.2) is 5.13 Å². The highest BCUT2D eigenvalue weighted by atomic mass is 32.1. The Bertz CT molecular complexity index is 756. The molecule has 1 aliphatic rings. The van der Waals surface area contributed by atoms with Gasteiger partial charge in [-0.2, -0.15) is 0 Å². The molecule has 7 heteroatoms. The minimum Gasteiger partial charge on any atom is -0.335 e. The van der Waals surface area contributed by atoms with Crippen molar-refractivity contribution in [2.45, 2.75) is 18.8 Å². The number of amides is 1. The lowest BCUT2D eigenvalue weighted by Gasteiger charge is -1.98. The molecule has 100 valence electrons. The van der Waals surface area contributed by atoms with Crippen molar-refractivity contribution < 1.29 is 4.79 Å². The van der Waals surface area contributed by atoms with Crippen LogP contribution in [0.5, 0.6) is 0 Å². The highest BCUT2D eigenvalue weighted by Crippen LogP contribution is 2.40. The van der Waals surface area contributed by atoms with Crippen LogP contribution in [-0.4, -0.2) is 25.8 Å². The van der Waals surface area contributed by atoms with Gasteiger partial charge in [-0.3, -0.25) is 10.1 Å². The molecule has 0 aliphatic heterocycles. The minimum atomic E-state index is -0.209. The zero-order valence-electron chi connectivity index (χ0n) is 10.5. The van der Waals surface area contributed by atoms with Crippen LogP contribution in [0.2, 0.25) is 0 Å². The molecule has 2 N–H and O–H groups in total. The Morgan fingerprint density at radius 3 is 3.15 bits per heavy atom. The number of anilines is 1. The van der Waals surface area contributed by atoms with Gasteiger partial charge < -0.3 is 4.98 Å². The van der Waals surface area contributed by atoms with Crippen molar-refractivity contribution in [2.75, 3.05) is 5.32 Å². The summed E-state index contributed by atoms with van der Waals surface area (Å²) >= 11 is 1.46. The van der Waals surface area contributed by atoms with Crippen molar-refractivity contribution in [3.63, 3.8) is 0 Å². The van der Waals surface area contributed by atoms with Crippen LogP contribution in [0.1, 0.15) is 34.9 Å². The maximum absolute atomic E-state index is 12.2. The monoisotopic (exact) mass is 285 g/mol. The molecule has 20 heavy (non-hydrogen) atoms. The van der Waals surface area contributed by atoms with Crippen LogP contribution in [0.25, 0.3) is 11.0 Å². The minimum absolute atomic E-state index is 0.209. The van der Waals surface area contributed by atoms with E-state index in [-0.39, 0.29) is 5.91 Å². The molecule has 0 unspecified atom stereocenters. The fraction of sp³-hybridized carbons (Fsp3) is 0.231. The van der Waals surface area contributed by atoms with Gasteiger partial charge in [0.1, 0.15) is 17.7 Å². The Kier molecular flexibility index (Phi) is 2.53. The van der Waals surface area contributed by atoms with Crippen molar-refractivity contribution in [1.82, 2.24) is 19.9 Å². The summed E-state index contributed by atoms with van der Waals surface area (Å²) in [5.74, 6) is 0.389. The van der Waals surface area contributed by atoms with Crippen LogP contribution in [-0.2, 0) is 0 Å². The second kappa shape index (κ2) is 4.38. The van der Waals surface area contributed by atoms with E-state index in [9.17, 15) is 4.79 Å².